The number of piperidine rings is 1. The van der Waals surface area contributed by atoms with Gasteiger partial charge in [0, 0.05) is 25.9 Å². The Bertz CT molecular complexity index is 823. The Labute approximate surface area is 164 Å². The van der Waals surface area contributed by atoms with Crippen LogP contribution in [0.1, 0.15) is 19.3 Å². The molecule has 1 fully saturated rings. The van der Waals surface area contributed by atoms with Crippen LogP contribution in [0.5, 0.6) is 0 Å². The first-order chi connectivity index (χ1) is 13.6. The third-order valence-electron chi connectivity index (χ3n) is 4.97. The Balaban J connectivity index is 1.63. The molecule has 1 aliphatic heterocycles. The van der Waals surface area contributed by atoms with Crippen molar-refractivity contribution in [3.8, 4) is 11.1 Å². The number of ether oxygens (including phenoxy) is 1. The second kappa shape index (κ2) is 9.46. The van der Waals surface area contributed by atoms with Gasteiger partial charge in [-0.25, -0.2) is 4.39 Å². The van der Waals surface area contributed by atoms with Crippen LogP contribution in [0, 0.1) is 11.7 Å². The van der Waals surface area contributed by atoms with Crippen LogP contribution < -0.4 is 5.32 Å². The van der Waals surface area contributed by atoms with Crippen molar-refractivity contribution in [2.45, 2.75) is 19.3 Å². The maximum atomic E-state index is 13.1. The summed E-state index contributed by atoms with van der Waals surface area (Å²) in [4.78, 5) is 26.7. The monoisotopic (exact) mass is 384 g/mol. The number of hydrogen-bond acceptors (Lipinski definition) is 3. The van der Waals surface area contributed by atoms with Crippen molar-refractivity contribution < 1.29 is 18.7 Å². The van der Waals surface area contributed by atoms with Gasteiger partial charge in [-0.05, 0) is 48.2 Å². The molecule has 0 spiro atoms. The van der Waals surface area contributed by atoms with Crippen LogP contribution in [0.15, 0.2) is 48.5 Å². The van der Waals surface area contributed by atoms with E-state index in [-0.39, 0.29) is 23.5 Å². The maximum Gasteiger partial charge on any atom is 0.229 e. The van der Waals surface area contributed by atoms with E-state index in [4.69, 9.17) is 4.74 Å². The summed E-state index contributed by atoms with van der Waals surface area (Å²) >= 11 is 0. The number of rotatable bonds is 6. The highest BCUT2D eigenvalue weighted by Crippen LogP contribution is 2.24. The second-order valence-corrected chi connectivity index (χ2v) is 7.00. The van der Waals surface area contributed by atoms with Crippen LogP contribution in [-0.4, -0.2) is 43.5 Å². The first-order valence-electron chi connectivity index (χ1n) is 9.50. The van der Waals surface area contributed by atoms with Gasteiger partial charge >= 0.3 is 0 Å². The summed E-state index contributed by atoms with van der Waals surface area (Å²) in [6.45, 7) is 1.51. The van der Waals surface area contributed by atoms with E-state index < -0.39 is 0 Å². The molecule has 1 heterocycles. The van der Waals surface area contributed by atoms with E-state index in [1.807, 2.05) is 24.3 Å². The topological polar surface area (TPSA) is 58.6 Å². The van der Waals surface area contributed by atoms with Gasteiger partial charge < -0.3 is 15.0 Å². The van der Waals surface area contributed by atoms with Crippen molar-refractivity contribution in [2.75, 3.05) is 32.1 Å². The third kappa shape index (κ3) is 5.16. The molecule has 2 aromatic rings. The number of nitrogens with zero attached hydrogens (tertiary/aromatic N) is 1. The van der Waals surface area contributed by atoms with E-state index >= 15 is 0 Å². The minimum atomic E-state index is -0.282. The molecule has 0 radical (unpaired) electrons. The smallest absolute Gasteiger partial charge is 0.229 e. The molecule has 0 aromatic heterocycles. The summed E-state index contributed by atoms with van der Waals surface area (Å²) in [5.41, 5.74) is 2.47. The number of benzene rings is 2. The van der Waals surface area contributed by atoms with Crippen molar-refractivity contribution in [2.24, 2.45) is 5.92 Å². The highest BCUT2D eigenvalue weighted by atomic mass is 19.1. The SMILES string of the molecule is COCCC(=O)N1CCCC(C(=O)Nc2cccc(-c3ccc(F)cc3)c2)C1. The molecule has 1 saturated heterocycles. The van der Waals surface area contributed by atoms with Gasteiger partial charge in [0.15, 0.2) is 0 Å². The van der Waals surface area contributed by atoms with Crippen LogP contribution in [0.3, 0.4) is 0 Å². The normalized spacial score (nSPS) is 16.6. The summed E-state index contributed by atoms with van der Waals surface area (Å²) in [5, 5.41) is 2.96. The molecular formula is C22H25FN2O3. The lowest BCUT2D eigenvalue weighted by Crippen LogP contribution is -2.44. The number of halogens is 1. The molecule has 1 unspecified atom stereocenters. The zero-order chi connectivity index (χ0) is 19.9. The molecule has 0 bridgehead atoms. The fourth-order valence-corrected chi connectivity index (χ4v) is 3.43. The van der Waals surface area contributed by atoms with Gasteiger partial charge in [0.05, 0.1) is 18.9 Å². The molecule has 0 aliphatic carbocycles. The Morgan fingerprint density at radius 3 is 2.71 bits per heavy atom. The number of carbonyl (C=O) groups excluding carboxylic acids is 2. The zero-order valence-corrected chi connectivity index (χ0v) is 16.0. The van der Waals surface area contributed by atoms with E-state index in [2.05, 4.69) is 5.32 Å². The van der Waals surface area contributed by atoms with Crippen LogP contribution >= 0.6 is 0 Å². The molecule has 28 heavy (non-hydrogen) atoms. The summed E-state index contributed by atoms with van der Waals surface area (Å²) in [6.07, 6.45) is 1.91. The summed E-state index contributed by atoms with van der Waals surface area (Å²) < 4.78 is 18.1. The van der Waals surface area contributed by atoms with Gasteiger partial charge in [-0.15, -0.1) is 0 Å². The number of nitrogens with one attached hydrogen (secondary N) is 1. The molecule has 2 amide bonds. The standard InChI is InChI=1S/C22H25FN2O3/c1-28-13-11-21(26)25-12-3-5-18(15-25)22(27)24-20-6-2-4-17(14-20)16-7-9-19(23)10-8-16/h2,4,6-10,14,18H,3,5,11-13,15H2,1H3,(H,24,27). The van der Waals surface area contributed by atoms with Crippen molar-refractivity contribution in [3.63, 3.8) is 0 Å². The first-order valence-corrected chi connectivity index (χ1v) is 9.50. The van der Waals surface area contributed by atoms with Crippen molar-refractivity contribution in [1.82, 2.24) is 4.90 Å². The van der Waals surface area contributed by atoms with Gasteiger partial charge in [-0.2, -0.15) is 0 Å². The average Bonchev–Trinajstić information content (AvgIpc) is 2.73. The van der Waals surface area contributed by atoms with Gasteiger partial charge in [0.25, 0.3) is 0 Å². The maximum absolute atomic E-state index is 13.1. The summed E-state index contributed by atoms with van der Waals surface area (Å²) in [6, 6.07) is 13.7. The largest absolute Gasteiger partial charge is 0.384 e. The van der Waals surface area contributed by atoms with Crippen LogP contribution in [-0.2, 0) is 14.3 Å². The fraction of sp³-hybridized carbons (Fsp3) is 0.364. The molecule has 2 aromatic carbocycles. The van der Waals surface area contributed by atoms with E-state index in [1.165, 1.54) is 12.1 Å². The van der Waals surface area contributed by atoms with Gasteiger partial charge in [-0.3, -0.25) is 9.59 Å². The lowest BCUT2D eigenvalue weighted by molar-refractivity contribution is -0.135. The van der Waals surface area contributed by atoms with Crippen molar-refractivity contribution in [3.05, 3.63) is 54.3 Å². The predicted octanol–water partition coefficient (Wildman–Crippen LogP) is 3.71. The quantitative estimate of drug-likeness (QED) is 0.826. The molecule has 6 heteroatoms. The van der Waals surface area contributed by atoms with Crippen molar-refractivity contribution >= 4 is 17.5 Å². The molecule has 1 atom stereocenters. The zero-order valence-electron chi connectivity index (χ0n) is 16.0. The fourth-order valence-electron chi connectivity index (χ4n) is 3.43. The van der Waals surface area contributed by atoms with Gasteiger partial charge in [0.2, 0.25) is 11.8 Å². The lowest BCUT2D eigenvalue weighted by atomic mass is 9.96. The van der Waals surface area contributed by atoms with Crippen LogP contribution in [0.4, 0.5) is 10.1 Å². The molecule has 1 N–H and O–H groups in total. The minimum Gasteiger partial charge on any atom is -0.384 e. The summed E-state index contributed by atoms with van der Waals surface area (Å²) in [7, 11) is 1.57. The number of likely N-dealkylation sites (tertiary alicyclic amines) is 1. The highest BCUT2D eigenvalue weighted by Gasteiger charge is 2.28. The number of hydrogen-bond donors (Lipinski definition) is 1. The Morgan fingerprint density at radius 1 is 1.18 bits per heavy atom. The van der Waals surface area contributed by atoms with E-state index in [9.17, 15) is 14.0 Å². The first kappa shape index (κ1) is 20.0. The minimum absolute atomic E-state index is 0.0256. The van der Waals surface area contributed by atoms with Gasteiger partial charge in [-0.1, -0.05) is 24.3 Å². The highest BCUT2D eigenvalue weighted by molar-refractivity contribution is 5.93. The van der Waals surface area contributed by atoms with E-state index in [0.717, 1.165) is 24.0 Å². The second-order valence-electron chi connectivity index (χ2n) is 7.00. The number of amides is 2. The number of carbonyl (C=O) groups is 2. The molecular weight excluding hydrogens is 359 g/mol. The molecule has 0 saturated carbocycles. The van der Waals surface area contributed by atoms with Crippen LogP contribution in [0.25, 0.3) is 11.1 Å². The van der Waals surface area contributed by atoms with Crippen LogP contribution in [0.2, 0.25) is 0 Å². The van der Waals surface area contributed by atoms with Crippen molar-refractivity contribution in [1.29, 1.82) is 0 Å². The Hall–Kier alpha value is -2.73. The summed E-state index contributed by atoms with van der Waals surface area (Å²) in [5.74, 6) is -0.567. The molecule has 3 rings (SSSR count). The molecule has 5 nitrogen and oxygen atoms in total. The molecule has 1 aliphatic rings. The molecule has 148 valence electrons. The van der Waals surface area contributed by atoms with E-state index in [0.29, 0.717) is 31.8 Å². The lowest BCUT2D eigenvalue weighted by Gasteiger charge is -2.32. The predicted molar refractivity (Wildman–Crippen MR) is 106 cm³/mol. The Kier molecular flexibility index (Phi) is 6.76. The average molecular weight is 384 g/mol. The Morgan fingerprint density at radius 2 is 1.96 bits per heavy atom. The van der Waals surface area contributed by atoms with Gasteiger partial charge in [0.1, 0.15) is 5.82 Å². The number of anilines is 1. The third-order valence-corrected chi connectivity index (χ3v) is 4.97. The van der Waals surface area contributed by atoms with E-state index in [1.54, 1.807) is 24.1 Å². The number of methoxy groups -OCH3 is 1.